The first kappa shape index (κ1) is 22.2. The van der Waals surface area contributed by atoms with Crippen molar-refractivity contribution in [1.29, 1.82) is 0 Å². The van der Waals surface area contributed by atoms with Gasteiger partial charge in [0.1, 0.15) is 17.6 Å². The number of nitrogens with zero attached hydrogens (tertiary/aromatic N) is 1. The number of benzene rings is 1. The van der Waals surface area contributed by atoms with E-state index in [2.05, 4.69) is 0 Å². The topological polar surface area (TPSA) is 59.8 Å². The van der Waals surface area contributed by atoms with Gasteiger partial charge in [0.2, 0.25) is 5.91 Å². The monoisotopic (exact) mass is 443 g/mol. The third-order valence-corrected chi connectivity index (χ3v) is 5.26. The van der Waals surface area contributed by atoms with Crippen LogP contribution >= 0.6 is 11.6 Å². The summed E-state index contributed by atoms with van der Waals surface area (Å²) in [5, 5.41) is -0.356. The van der Waals surface area contributed by atoms with Crippen LogP contribution in [0.4, 0.5) is 13.2 Å². The van der Waals surface area contributed by atoms with Gasteiger partial charge in [-0.3, -0.25) is 4.79 Å². The summed E-state index contributed by atoms with van der Waals surface area (Å²) in [5.74, 6) is 0.783. The SMILES string of the molecule is Cc1cc(OC2CCN(C(=O)CCc3ccc(Cl)c(C(F)(F)F)c3)CC2)cc(=O)o1. The largest absolute Gasteiger partial charge is 0.490 e. The third-order valence-electron chi connectivity index (χ3n) is 4.93. The Bertz CT molecular complexity index is 965. The number of carbonyl (C=O) groups excluding carboxylic acids is 1. The fraction of sp³-hybridized carbons (Fsp3) is 0.429. The molecule has 0 unspecified atom stereocenters. The number of aryl methyl sites for hydroxylation is 2. The second-order valence-corrected chi connectivity index (χ2v) is 7.64. The number of amides is 1. The van der Waals surface area contributed by atoms with Crippen molar-refractivity contribution in [2.75, 3.05) is 13.1 Å². The standard InChI is InChI=1S/C21H21ClF3NO4/c1-13-10-16(12-20(28)29-13)30-15-6-8-26(9-7-15)19(27)5-3-14-2-4-18(22)17(11-14)21(23,24)25/h2,4,10-12,15H,3,5-9H2,1H3. The minimum absolute atomic E-state index is 0.114. The van der Waals surface area contributed by atoms with Crippen LogP contribution < -0.4 is 10.4 Å². The van der Waals surface area contributed by atoms with Gasteiger partial charge in [-0.1, -0.05) is 17.7 Å². The first-order valence-corrected chi connectivity index (χ1v) is 9.91. The smallest absolute Gasteiger partial charge is 0.417 e. The highest BCUT2D eigenvalue weighted by atomic mass is 35.5. The molecule has 0 spiro atoms. The minimum Gasteiger partial charge on any atom is -0.490 e. The van der Waals surface area contributed by atoms with Crippen LogP contribution in [0.15, 0.2) is 39.5 Å². The fourth-order valence-corrected chi connectivity index (χ4v) is 3.64. The van der Waals surface area contributed by atoms with Crippen molar-refractivity contribution in [3.8, 4) is 5.75 Å². The van der Waals surface area contributed by atoms with Crippen LogP contribution in [0.5, 0.6) is 5.75 Å². The van der Waals surface area contributed by atoms with Gasteiger partial charge in [0, 0.05) is 38.4 Å². The highest BCUT2D eigenvalue weighted by Crippen LogP contribution is 2.35. The Hall–Kier alpha value is -2.48. The van der Waals surface area contributed by atoms with E-state index in [1.807, 2.05) is 0 Å². The lowest BCUT2D eigenvalue weighted by molar-refractivity contribution is -0.137. The second-order valence-electron chi connectivity index (χ2n) is 7.23. The molecule has 2 aromatic rings. The molecule has 0 aliphatic carbocycles. The van der Waals surface area contributed by atoms with Gasteiger partial charge >= 0.3 is 11.8 Å². The van der Waals surface area contributed by atoms with Crippen molar-refractivity contribution < 1.29 is 27.1 Å². The number of carbonyl (C=O) groups is 1. The Labute approximate surface area is 176 Å². The molecule has 162 valence electrons. The zero-order valence-electron chi connectivity index (χ0n) is 16.3. The highest BCUT2D eigenvalue weighted by Gasteiger charge is 2.33. The predicted octanol–water partition coefficient (Wildman–Crippen LogP) is 4.62. The summed E-state index contributed by atoms with van der Waals surface area (Å²) in [6, 6.07) is 6.63. The van der Waals surface area contributed by atoms with E-state index in [0.29, 0.717) is 43.0 Å². The van der Waals surface area contributed by atoms with E-state index in [0.717, 1.165) is 6.07 Å². The number of hydrogen-bond donors (Lipinski definition) is 0. The molecule has 0 bridgehead atoms. The van der Waals surface area contributed by atoms with Crippen LogP contribution in [0, 0.1) is 6.92 Å². The van der Waals surface area contributed by atoms with Crippen molar-refractivity contribution >= 4 is 17.5 Å². The van der Waals surface area contributed by atoms with E-state index >= 15 is 0 Å². The summed E-state index contributed by atoms with van der Waals surface area (Å²) in [6.07, 6.45) is -3.13. The van der Waals surface area contributed by atoms with Gasteiger partial charge in [0.15, 0.2) is 0 Å². The van der Waals surface area contributed by atoms with E-state index < -0.39 is 17.4 Å². The summed E-state index contributed by atoms with van der Waals surface area (Å²) in [4.78, 5) is 25.6. The molecule has 0 radical (unpaired) electrons. The summed E-state index contributed by atoms with van der Waals surface area (Å²) < 4.78 is 49.6. The predicted molar refractivity (Wildman–Crippen MR) is 105 cm³/mol. The number of halogens is 4. The summed E-state index contributed by atoms with van der Waals surface area (Å²) in [5.41, 5.74) is -0.956. The van der Waals surface area contributed by atoms with E-state index in [4.69, 9.17) is 20.8 Å². The maximum Gasteiger partial charge on any atom is 0.417 e. The van der Waals surface area contributed by atoms with Gasteiger partial charge in [0.05, 0.1) is 16.7 Å². The molecule has 1 aromatic heterocycles. The second kappa shape index (κ2) is 9.12. The lowest BCUT2D eigenvalue weighted by atomic mass is 10.0. The molecule has 0 saturated carbocycles. The average molecular weight is 444 g/mol. The quantitative estimate of drug-likeness (QED) is 0.676. The number of likely N-dealkylation sites (tertiary alicyclic amines) is 1. The third kappa shape index (κ3) is 5.78. The highest BCUT2D eigenvalue weighted by molar-refractivity contribution is 6.31. The van der Waals surface area contributed by atoms with E-state index in [1.54, 1.807) is 17.9 Å². The molecular weight excluding hydrogens is 423 g/mol. The molecule has 1 fully saturated rings. The number of rotatable bonds is 5. The Balaban J connectivity index is 1.50. The molecule has 5 nitrogen and oxygen atoms in total. The first-order chi connectivity index (χ1) is 14.1. The van der Waals surface area contributed by atoms with Gasteiger partial charge in [-0.25, -0.2) is 4.79 Å². The van der Waals surface area contributed by atoms with Crippen molar-refractivity contribution in [3.05, 3.63) is 62.7 Å². The molecule has 9 heteroatoms. The number of ether oxygens (including phenoxy) is 1. The van der Waals surface area contributed by atoms with Crippen LogP contribution in [0.1, 0.15) is 36.1 Å². The number of piperidine rings is 1. The summed E-state index contributed by atoms with van der Waals surface area (Å²) in [7, 11) is 0. The molecule has 1 aromatic carbocycles. The van der Waals surface area contributed by atoms with Crippen LogP contribution in [0.2, 0.25) is 5.02 Å². The molecule has 3 rings (SSSR count). The molecule has 1 aliphatic rings. The van der Waals surface area contributed by atoms with E-state index in [9.17, 15) is 22.8 Å². The molecule has 1 amide bonds. The van der Waals surface area contributed by atoms with Crippen molar-refractivity contribution in [2.45, 2.75) is 44.9 Å². The zero-order valence-corrected chi connectivity index (χ0v) is 17.1. The number of alkyl halides is 3. The first-order valence-electron chi connectivity index (χ1n) is 9.53. The van der Waals surface area contributed by atoms with Crippen LogP contribution in [-0.4, -0.2) is 30.0 Å². The normalized spacial score (nSPS) is 15.3. The summed E-state index contributed by atoms with van der Waals surface area (Å²) in [6.45, 7) is 2.63. The molecule has 0 N–H and O–H groups in total. The van der Waals surface area contributed by atoms with Gasteiger partial charge in [-0.2, -0.15) is 13.2 Å². The van der Waals surface area contributed by atoms with Gasteiger partial charge in [-0.15, -0.1) is 0 Å². The summed E-state index contributed by atoms with van der Waals surface area (Å²) >= 11 is 5.62. The van der Waals surface area contributed by atoms with Crippen molar-refractivity contribution in [3.63, 3.8) is 0 Å². The van der Waals surface area contributed by atoms with E-state index in [1.165, 1.54) is 18.2 Å². The number of hydrogen-bond acceptors (Lipinski definition) is 4. The van der Waals surface area contributed by atoms with Crippen molar-refractivity contribution in [1.82, 2.24) is 4.90 Å². The van der Waals surface area contributed by atoms with Crippen LogP contribution in [0.25, 0.3) is 0 Å². The zero-order chi connectivity index (χ0) is 21.9. The molecule has 30 heavy (non-hydrogen) atoms. The Morgan fingerprint density at radius 3 is 2.57 bits per heavy atom. The lowest BCUT2D eigenvalue weighted by Gasteiger charge is -2.32. The van der Waals surface area contributed by atoms with Crippen LogP contribution in [-0.2, 0) is 17.4 Å². The molecule has 0 atom stereocenters. The minimum atomic E-state index is -4.53. The van der Waals surface area contributed by atoms with Gasteiger partial charge < -0.3 is 14.1 Å². The molecule has 1 aliphatic heterocycles. The Kier molecular flexibility index (Phi) is 6.75. The fourth-order valence-electron chi connectivity index (χ4n) is 3.41. The van der Waals surface area contributed by atoms with Crippen LogP contribution in [0.3, 0.4) is 0 Å². The maximum absolute atomic E-state index is 13.0. The Morgan fingerprint density at radius 1 is 1.23 bits per heavy atom. The van der Waals surface area contributed by atoms with Gasteiger partial charge in [0.25, 0.3) is 0 Å². The van der Waals surface area contributed by atoms with Gasteiger partial charge in [-0.05, 0) is 31.0 Å². The van der Waals surface area contributed by atoms with E-state index in [-0.39, 0.29) is 29.9 Å². The van der Waals surface area contributed by atoms with Crippen molar-refractivity contribution in [2.24, 2.45) is 0 Å². The Morgan fingerprint density at radius 2 is 1.93 bits per heavy atom. The lowest BCUT2D eigenvalue weighted by Crippen LogP contribution is -2.41. The molecule has 1 saturated heterocycles. The maximum atomic E-state index is 13.0. The molecule has 2 heterocycles. The molecular formula is C21H21ClF3NO4. The average Bonchev–Trinajstić information content (AvgIpc) is 2.66.